The Morgan fingerprint density at radius 1 is 1.03 bits per heavy atom. The second-order valence-corrected chi connectivity index (χ2v) is 11.5. The van der Waals surface area contributed by atoms with Crippen LogP contribution in [0, 0.1) is 0 Å². The van der Waals surface area contributed by atoms with Gasteiger partial charge in [-0.15, -0.1) is 0 Å². The van der Waals surface area contributed by atoms with Gasteiger partial charge in [-0.3, -0.25) is 19.3 Å². The maximum absolute atomic E-state index is 13.1. The van der Waals surface area contributed by atoms with Crippen LogP contribution in [0.2, 0.25) is 10.0 Å². The highest BCUT2D eigenvalue weighted by Gasteiger charge is 2.37. The summed E-state index contributed by atoms with van der Waals surface area (Å²) in [6.45, 7) is 0.968. The van der Waals surface area contributed by atoms with Gasteiger partial charge >= 0.3 is 0 Å². The van der Waals surface area contributed by atoms with Gasteiger partial charge in [0, 0.05) is 23.1 Å². The lowest BCUT2D eigenvalue weighted by Crippen LogP contribution is -2.44. The first kappa shape index (κ1) is 26.8. The average molecular weight is 632 g/mol. The number of halogens is 3. The summed E-state index contributed by atoms with van der Waals surface area (Å²) in [5.41, 5.74) is 3.75. The standard InChI is InChI=1S/C28H21BrCl2N2O4S/c29-21-6-8-24(37-16-17-5-7-22(30)23(31)11-17)20(12-21)13-25-27(35)33(28(36)38-25)15-26(34)32-10-9-18-3-1-2-4-19(18)14-32/h1-8,11-13H,9-10,14-16H2/b25-13-. The van der Waals surface area contributed by atoms with Crippen LogP contribution in [-0.4, -0.2) is 39.9 Å². The fraction of sp³-hybridized carbons (Fsp3) is 0.179. The third kappa shape index (κ3) is 5.94. The summed E-state index contributed by atoms with van der Waals surface area (Å²) in [4.78, 5) is 41.8. The maximum Gasteiger partial charge on any atom is 0.294 e. The second-order valence-electron chi connectivity index (χ2n) is 8.82. The molecule has 0 spiro atoms. The number of imide groups is 1. The lowest BCUT2D eigenvalue weighted by atomic mass is 10.00. The predicted octanol–water partition coefficient (Wildman–Crippen LogP) is 6.96. The number of ether oxygens (including phenoxy) is 1. The highest BCUT2D eigenvalue weighted by molar-refractivity contribution is 9.10. The van der Waals surface area contributed by atoms with Gasteiger partial charge in [0.05, 0.1) is 15.0 Å². The number of hydrogen-bond acceptors (Lipinski definition) is 5. The quantitative estimate of drug-likeness (QED) is 0.275. The lowest BCUT2D eigenvalue weighted by Gasteiger charge is -2.29. The number of benzene rings is 3. The molecule has 0 radical (unpaired) electrons. The van der Waals surface area contributed by atoms with Gasteiger partial charge in [0.15, 0.2) is 0 Å². The summed E-state index contributed by atoms with van der Waals surface area (Å²) >= 11 is 16.4. The molecule has 5 rings (SSSR count). The van der Waals surface area contributed by atoms with Gasteiger partial charge in [-0.25, -0.2) is 0 Å². The van der Waals surface area contributed by atoms with Crippen LogP contribution in [-0.2, 0) is 29.2 Å². The Labute approximate surface area is 242 Å². The second kappa shape index (κ2) is 11.5. The molecule has 10 heteroatoms. The molecule has 0 saturated carbocycles. The molecule has 2 aliphatic rings. The molecule has 6 nitrogen and oxygen atoms in total. The van der Waals surface area contributed by atoms with Crippen LogP contribution in [0.15, 0.2) is 70.0 Å². The zero-order valence-corrected chi connectivity index (χ0v) is 23.9. The third-order valence-corrected chi connectivity index (χ3v) is 8.43. The van der Waals surface area contributed by atoms with E-state index < -0.39 is 11.1 Å². The summed E-state index contributed by atoms with van der Waals surface area (Å²) in [6, 6.07) is 18.6. The fourth-order valence-corrected chi connectivity index (χ4v) is 5.80. The summed E-state index contributed by atoms with van der Waals surface area (Å²) in [5, 5.41) is 0.417. The smallest absolute Gasteiger partial charge is 0.294 e. The molecule has 2 heterocycles. The minimum Gasteiger partial charge on any atom is -0.488 e. The normalized spacial score (nSPS) is 16.2. The Hall–Kier alpha value is -2.78. The number of nitrogens with zero attached hydrogens (tertiary/aromatic N) is 2. The molecule has 0 aromatic heterocycles. The minimum atomic E-state index is -0.499. The number of hydrogen-bond donors (Lipinski definition) is 0. The van der Waals surface area contributed by atoms with E-state index in [0.717, 1.165) is 38.7 Å². The van der Waals surface area contributed by atoms with Gasteiger partial charge in [0.1, 0.15) is 18.9 Å². The molecule has 0 N–H and O–H groups in total. The van der Waals surface area contributed by atoms with Crippen LogP contribution in [0.5, 0.6) is 5.75 Å². The van der Waals surface area contributed by atoms with Gasteiger partial charge in [0.25, 0.3) is 11.1 Å². The molecular weight excluding hydrogens is 611 g/mol. The Kier molecular flexibility index (Phi) is 8.14. The molecular formula is C28H21BrCl2N2O4S. The van der Waals surface area contributed by atoms with E-state index >= 15 is 0 Å². The van der Waals surface area contributed by atoms with Gasteiger partial charge in [0.2, 0.25) is 5.91 Å². The summed E-state index contributed by atoms with van der Waals surface area (Å²) in [7, 11) is 0. The molecule has 0 atom stereocenters. The largest absolute Gasteiger partial charge is 0.488 e. The molecule has 194 valence electrons. The van der Waals surface area contributed by atoms with Crippen LogP contribution in [0.1, 0.15) is 22.3 Å². The molecule has 1 fully saturated rings. The van der Waals surface area contributed by atoms with E-state index in [1.165, 1.54) is 5.56 Å². The Morgan fingerprint density at radius 2 is 1.82 bits per heavy atom. The van der Waals surface area contributed by atoms with Crippen molar-refractivity contribution in [2.24, 2.45) is 0 Å². The molecule has 3 amide bonds. The number of thioether (sulfide) groups is 1. The highest BCUT2D eigenvalue weighted by Crippen LogP contribution is 2.35. The van der Waals surface area contributed by atoms with Crippen molar-refractivity contribution in [3.8, 4) is 5.75 Å². The highest BCUT2D eigenvalue weighted by atomic mass is 79.9. The maximum atomic E-state index is 13.1. The van der Waals surface area contributed by atoms with Crippen molar-refractivity contribution in [3.05, 3.63) is 102 Å². The number of rotatable bonds is 6. The van der Waals surface area contributed by atoms with Crippen molar-refractivity contribution in [2.45, 2.75) is 19.6 Å². The van der Waals surface area contributed by atoms with Crippen molar-refractivity contribution in [1.29, 1.82) is 0 Å². The Balaban J connectivity index is 1.29. The minimum absolute atomic E-state index is 0.226. The Morgan fingerprint density at radius 3 is 2.61 bits per heavy atom. The van der Waals surface area contributed by atoms with E-state index in [-0.39, 0.29) is 24.0 Å². The van der Waals surface area contributed by atoms with E-state index in [1.807, 2.05) is 30.3 Å². The summed E-state index contributed by atoms with van der Waals surface area (Å²) in [6.07, 6.45) is 2.36. The monoisotopic (exact) mass is 630 g/mol. The van der Waals surface area contributed by atoms with E-state index in [1.54, 1.807) is 35.2 Å². The molecule has 3 aromatic carbocycles. The van der Waals surface area contributed by atoms with Crippen LogP contribution < -0.4 is 4.74 Å². The van der Waals surface area contributed by atoms with Crippen LogP contribution in [0.3, 0.4) is 0 Å². The first-order chi connectivity index (χ1) is 18.3. The van der Waals surface area contributed by atoms with Crippen LogP contribution in [0.4, 0.5) is 4.79 Å². The van der Waals surface area contributed by atoms with E-state index in [4.69, 9.17) is 27.9 Å². The average Bonchev–Trinajstić information content (AvgIpc) is 3.17. The van der Waals surface area contributed by atoms with E-state index in [0.29, 0.717) is 34.4 Å². The van der Waals surface area contributed by atoms with Crippen molar-refractivity contribution in [2.75, 3.05) is 13.1 Å². The predicted molar refractivity (Wildman–Crippen MR) is 153 cm³/mol. The molecule has 38 heavy (non-hydrogen) atoms. The lowest BCUT2D eigenvalue weighted by molar-refractivity contribution is -0.136. The third-order valence-electron chi connectivity index (χ3n) is 6.29. The van der Waals surface area contributed by atoms with Crippen molar-refractivity contribution < 1.29 is 19.1 Å². The van der Waals surface area contributed by atoms with E-state index in [2.05, 4.69) is 22.0 Å². The molecule has 3 aromatic rings. The SMILES string of the molecule is O=C(CN1C(=O)S/C(=C\c2cc(Br)ccc2OCc2ccc(Cl)c(Cl)c2)C1=O)N1CCc2ccccc2C1. The van der Waals surface area contributed by atoms with Crippen LogP contribution in [0.25, 0.3) is 6.08 Å². The van der Waals surface area contributed by atoms with Crippen molar-refractivity contribution >= 4 is 74.0 Å². The van der Waals surface area contributed by atoms with Gasteiger partial charge in [-0.1, -0.05) is 69.5 Å². The molecule has 1 saturated heterocycles. The van der Waals surface area contributed by atoms with Crippen molar-refractivity contribution in [1.82, 2.24) is 9.80 Å². The zero-order valence-electron chi connectivity index (χ0n) is 20.0. The van der Waals surface area contributed by atoms with Crippen LogP contribution >= 0.6 is 50.9 Å². The van der Waals surface area contributed by atoms with Gasteiger partial charge < -0.3 is 9.64 Å². The Bertz CT molecular complexity index is 1480. The number of carbonyl (C=O) groups is 3. The number of fused-ring (bicyclic) bond motifs is 1. The zero-order chi connectivity index (χ0) is 26.8. The fourth-order valence-electron chi connectivity index (χ4n) is 4.28. The van der Waals surface area contributed by atoms with E-state index in [9.17, 15) is 14.4 Å². The first-order valence-electron chi connectivity index (χ1n) is 11.7. The first-order valence-corrected chi connectivity index (χ1v) is 14.1. The van der Waals surface area contributed by atoms with Gasteiger partial charge in [-0.2, -0.15) is 0 Å². The van der Waals surface area contributed by atoms with Crippen molar-refractivity contribution in [3.63, 3.8) is 0 Å². The summed E-state index contributed by atoms with van der Waals surface area (Å²) in [5.74, 6) is -0.230. The summed E-state index contributed by atoms with van der Waals surface area (Å²) < 4.78 is 6.78. The molecule has 2 aliphatic heterocycles. The van der Waals surface area contributed by atoms with Gasteiger partial charge in [-0.05, 0) is 71.3 Å². The topological polar surface area (TPSA) is 66.9 Å². The number of amides is 3. The molecule has 0 unspecified atom stereocenters. The molecule has 0 bridgehead atoms. The number of carbonyl (C=O) groups excluding carboxylic acids is 3. The molecule has 0 aliphatic carbocycles.